The Balaban J connectivity index is 2.93. The highest BCUT2D eigenvalue weighted by Gasteiger charge is 2.15. The van der Waals surface area contributed by atoms with Gasteiger partial charge in [-0.25, -0.2) is 0 Å². The van der Waals surface area contributed by atoms with E-state index in [0.717, 1.165) is 28.7 Å². The first-order valence-corrected chi connectivity index (χ1v) is 7.40. The Hall–Kier alpha value is -0.960. The number of hydrogen-bond donors (Lipinski definition) is 0. The van der Waals surface area contributed by atoms with Gasteiger partial charge in [0.15, 0.2) is 5.78 Å². The highest BCUT2D eigenvalue weighted by Crippen LogP contribution is 2.17. The van der Waals surface area contributed by atoms with Crippen LogP contribution in [0.2, 0.25) is 0 Å². The van der Waals surface area contributed by atoms with Crippen molar-refractivity contribution in [2.75, 3.05) is 11.5 Å². The summed E-state index contributed by atoms with van der Waals surface area (Å²) in [6, 6.07) is 4.01. The second-order valence-electron chi connectivity index (χ2n) is 4.49. The second-order valence-corrected chi connectivity index (χ2v) is 6.06. The Morgan fingerprint density at radius 3 is 2.18 bits per heavy atom. The molecule has 1 rings (SSSR count). The van der Waals surface area contributed by atoms with Crippen LogP contribution in [0.5, 0.6) is 0 Å². The molecule has 0 aromatic heterocycles. The largest absolute Gasteiger partial charge is 0.293 e. The maximum absolute atomic E-state index is 12.1. The standard InChI is InChI=1S/C14H20O2S/c1-5-6-17(16)9-13(15)14-11(3)7-10(2)8-12(14)4/h7-8H,5-6,9H2,1-4H3. The van der Waals surface area contributed by atoms with Gasteiger partial charge < -0.3 is 0 Å². The van der Waals surface area contributed by atoms with Gasteiger partial charge in [-0.2, -0.15) is 0 Å². The van der Waals surface area contributed by atoms with Crippen LogP contribution in [0.1, 0.15) is 40.4 Å². The maximum Gasteiger partial charge on any atom is 0.175 e. The number of aryl methyl sites for hydroxylation is 3. The average Bonchev–Trinajstić information content (AvgIpc) is 2.15. The van der Waals surface area contributed by atoms with Crippen LogP contribution in [0.3, 0.4) is 0 Å². The normalized spacial score (nSPS) is 12.5. The lowest BCUT2D eigenvalue weighted by atomic mass is 9.97. The summed E-state index contributed by atoms with van der Waals surface area (Å²) in [7, 11) is -1.02. The summed E-state index contributed by atoms with van der Waals surface area (Å²) in [5.74, 6) is 0.764. The molecule has 0 fully saturated rings. The van der Waals surface area contributed by atoms with Crippen LogP contribution in [0, 0.1) is 20.8 Å². The van der Waals surface area contributed by atoms with Gasteiger partial charge in [-0.1, -0.05) is 24.6 Å². The molecule has 1 aromatic carbocycles. The molecular formula is C14H20O2S. The van der Waals surface area contributed by atoms with Crippen molar-refractivity contribution in [3.63, 3.8) is 0 Å². The summed E-state index contributed by atoms with van der Waals surface area (Å²) >= 11 is 0. The molecule has 0 spiro atoms. The summed E-state index contributed by atoms with van der Waals surface area (Å²) in [5, 5.41) is 0. The minimum absolute atomic E-state index is 0.00628. The number of rotatable bonds is 5. The van der Waals surface area contributed by atoms with Crippen LogP contribution >= 0.6 is 0 Å². The third-order valence-corrected chi connectivity index (χ3v) is 4.13. The molecule has 0 aliphatic rings. The predicted molar refractivity (Wildman–Crippen MR) is 73.2 cm³/mol. The highest BCUT2D eigenvalue weighted by atomic mass is 32.2. The third kappa shape index (κ3) is 3.77. The van der Waals surface area contributed by atoms with Crippen molar-refractivity contribution in [1.29, 1.82) is 0 Å². The molecule has 0 saturated carbocycles. The molecule has 0 aliphatic heterocycles. The zero-order chi connectivity index (χ0) is 13.0. The van der Waals surface area contributed by atoms with E-state index < -0.39 is 10.8 Å². The van der Waals surface area contributed by atoms with Crippen molar-refractivity contribution in [1.82, 2.24) is 0 Å². The summed E-state index contributed by atoms with van der Waals surface area (Å²) in [5.41, 5.74) is 3.88. The lowest BCUT2D eigenvalue weighted by Gasteiger charge is -2.10. The first kappa shape index (κ1) is 14.1. The molecule has 0 radical (unpaired) electrons. The molecule has 1 unspecified atom stereocenters. The molecular weight excluding hydrogens is 232 g/mol. The van der Waals surface area contributed by atoms with Crippen molar-refractivity contribution in [3.05, 3.63) is 34.4 Å². The van der Waals surface area contributed by atoms with E-state index in [1.807, 2.05) is 39.8 Å². The summed E-state index contributed by atoms with van der Waals surface area (Å²) in [6.45, 7) is 7.88. The molecule has 0 aliphatic carbocycles. The summed E-state index contributed by atoms with van der Waals surface area (Å²) in [6.07, 6.45) is 0.853. The van der Waals surface area contributed by atoms with Crippen LogP contribution < -0.4 is 0 Å². The fourth-order valence-electron chi connectivity index (χ4n) is 2.14. The van der Waals surface area contributed by atoms with E-state index in [4.69, 9.17) is 0 Å². The molecule has 0 N–H and O–H groups in total. The third-order valence-electron chi connectivity index (χ3n) is 2.68. The lowest BCUT2D eigenvalue weighted by molar-refractivity contribution is 0.102. The van der Waals surface area contributed by atoms with Gasteiger partial charge in [-0.3, -0.25) is 9.00 Å². The summed E-state index contributed by atoms with van der Waals surface area (Å²) in [4.78, 5) is 12.1. The molecule has 1 aromatic rings. The van der Waals surface area contributed by atoms with Gasteiger partial charge in [0.2, 0.25) is 0 Å². The van der Waals surface area contributed by atoms with E-state index in [2.05, 4.69) is 0 Å². The van der Waals surface area contributed by atoms with E-state index in [0.29, 0.717) is 5.75 Å². The van der Waals surface area contributed by atoms with Crippen molar-refractivity contribution < 1.29 is 9.00 Å². The molecule has 0 heterocycles. The summed E-state index contributed by atoms with van der Waals surface area (Å²) < 4.78 is 11.6. The van der Waals surface area contributed by atoms with Crippen molar-refractivity contribution in [2.45, 2.75) is 34.1 Å². The van der Waals surface area contributed by atoms with Crippen molar-refractivity contribution in [2.24, 2.45) is 0 Å². The van der Waals surface area contributed by atoms with Gasteiger partial charge in [0, 0.05) is 22.1 Å². The number of ketones is 1. The van der Waals surface area contributed by atoms with E-state index in [1.54, 1.807) is 0 Å². The molecule has 17 heavy (non-hydrogen) atoms. The van der Waals surface area contributed by atoms with E-state index >= 15 is 0 Å². The van der Waals surface area contributed by atoms with Crippen LogP contribution in [-0.2, 0) is 10.8 Å². The van der Waals surface area contributed by atoms with Gasteiger partial charge >= 0.3 is 0 Å². The second kappa shape index (κ2) is 6.10. The molecule has 0 amide bonds. The molecule has 1 atom stereocenters. The van der Waals surface area contributed by atoms with Gasteiger partial charge in [-0.05, 0) is 38.3 Å². The van der Waals surface area contributed by atoms with Gasteiger partial charge in [-0.15, -0.1) is 0 Å². The van der Waals surface area contributed by atoms with Gasteiger partial charge in [0.05, 0.1) is 5.75 Å². The number of carbonyl (C=O) groups excluding carboxylic acids is 1. The van der Waals surface area contributed by atoms with Crippen molar-refractivity contribution >= 4 is 16.6 Å². The van der Waals surface area contributed by atoms with Crippen LogP contribution in [0.4, 0.5) is 0 Å². The SMILES string of the molecule is CCCS(=O)CC(=O)c1c(C)cc(C)cc1C. The number of benzene rings is 1. The Morgan fingerprint density at radius 1 is 1.18 bits per heavy atom. The molecule has 0 bridgehead atoms. The van der Waals surface area contributed by atoms with Crippen LogP contribution in [0.25, 0.3) is 0 Å². The monoisotopic (exact) mass is 252 g/mol. The minimum Gasteiger partial charge on any atom is -0.293 e. The Bertz CT molecular complexity index is 427. The predicted octanol–water partition coefficient (Wildman–Crippen LogP) is 2.95. The number of hydrogen-bond acceptors (Lipinski definition) is 2. The van der Waals surface area contributed by atoms with Crippen LogP contribution in [0.15, 0.2) is 12.1 Å². The average molecular weight is 252 g/mol. The van der Waals surface area contributed by atoms with E-state index in [9.17, 15) is 9.00 Å². The van der Waals surface area contributed by atoms with Crippen LogP contribution in [-0.4, -0.2) is 21.5 Å². The maximum atomic E-state index is 12.1. The topological polar surface area (TPSA) is 34.1 Å². The Morgan fingerprint density at radius 2 is 1.71 bits per heavy atom. The lowest BCUT2D eigenvalue weighted by Crippen LogP contribution is -2.15. The molecule has 94 valence electrons. The van der Waals surface area contributed by atoms with Gasteiger partial charge in [0.1, 0.15) is 0 Å². The zero-order valence-electron chi connectivity index (χ0n) is 11.0. The van der Waals surface area contributed by atoms with E-state index in [1.165, 1.54) is 0 Å². The van der Waals surface area contributed by atoms with Crippen molar-refractivity contribution in [3.8, 4) is 0 Å². The van der Waals surface area contributed by atoms with Gasteiger partial charge in [0.25, 0.3) is 0 Å². The molecule has 2 nitrogen and oxygen atoms in total. The molecule has 0 saturated heterocycles. The Kier molecular flexibility index (Phi) is 5.06. The van der Waals surface area contributed by atoms with E-state index in [-0.39, 0.29) is 11.5 Å². The Labute approximate surface area is 106 Å². The number of carbonyl (C=O) groups is 1. The quantitative estimate of drug-likeness (QED) is 0.755. The number of Topliss-reactive ketones (excluding diaryl/α,β-unsaturated/α-hetero) is 1. The first-order valence-electron chi connectivity index (χ1n) is 5.91. The minimum atomic E-state index is -1.02. The zero-order valence-corrected chi connectivity index (χ0v) is 11.8. The first-order chi connectivity index (χ1) is 7.95. The fraction of sp³-hybridized carbons (Fsp3) is 0.500. The fourth-order valence-corrected chi connectivity index (χ4v) is 3.17. The molecule has 3 heteroatoms. The smallest absolute Gasteiger partial charge is 0.175 e. The highest BCUT2D eigenvalue weighted by molar-refractivity contribution is 7.85.